The predicted molar refractivity (Wildman–Crippen MR) is 131 cm³/mol. The van der Waals surface area contributed by atoms with Gasteiger partial charge in [-0.3, -0.25) is 0 Å². The molecule has 2 aromatic carbocycles. The number of sulfonamides is 1. The third-order valence-electron chi connectivity index (χ3n) is 6.28. The number of likely N-dealkylation sites (tertiary alicyclic amines) is 1. The standard InChI is InChI=1S/C24H25ClFN5O3S/c1-31-10-2-9-24(26,14-31)23-29-28-22(34-23)16-5-8-20-19(12-16)17(13-21(27)30-35(20,32)33)11-15-3-6-18(25)7-4-15/h3-8,12-13,21,30H,2,9-11,14,27H2,1H3/t21-,24?/m1/s1. The highest BCUT2D eigenvalue weighted by molar-refractivity contribution is 7.89. The molecule has 0 amide bonds. The monoisotopic (exact) mass is 517 g/mol. The summed E-state index contributed by atoms with van der Waals surface area (Å²) in [6.45, 7) is 0.986. The van der Waals surface area contributed by atoms with Gasteiger partial charge in [-0.25, -0.2) is 12.8 Å². The first-order valence-corrected chi connectivity index (χ1v) is 13.1. The Hall–Kier alpha value is -2.63. The summed E-state index contributed by atoms with van der Waals surface area (Å²) in [6.07, 6.45) is 2.19. The molecule has 5 rings (SSSR count). The summed E-state index contributed by atoms with van der Waals surface area (Å²) >= 11 is 6.01. The van der Waals surface area contributed by atoms with Gasteiger partial charge in [0.15, 0.2) is 0 Å². The number of halogens is 2. The quantitative estimate of drug-likeness (QED) is 0.544. The van der Waals surface area contributed by atoms with E-state index in [4.69, 9.17) is 21.8 Å². The lowest BCUT2D eigenvalue weighted by Crippen LogP contribution is -2.41. The van der Waals surface area contributed by atoms with Gasteiger partial charge in [0.25, 0.3) is 5.89 Å². The third kappa shape index (κ3) is 4.89. The van der Waals surface area contributed by atoms with Crippen molar-refractivity contribution in [2.24, 2.45) is 5.73 Å². The lowest BCUT2D eigenvalue weighted by Gasteiger charge is -2.32. The Balaban J connectivity index is 1.55. The van der Waals surface area contributed by atoms with E-state index in [0.717, 1.165) is 12.1 Å². The first kappa shape index (κ1) is 24.1. The normalized spacial score (nSPS) is 24.5. The van der Waals surface area contributed by atoms with Gasteiger partial charge in [0.05, 0.1) is 11.1 Å². The van der Waals surface area contributed by atoms with Crippen LogP contribution in [0.25, 0.3) is 17.0 Å². The van der Waals surface area contributed by atoms with Gasteiger partial charge in [0, 0.05) is 17.1 Å². The van der Waals surface area contributed by atoms with Crippen LogP contribution < -0.4 is 10.5 Å². The van der Waals surface area contributed by atoms with Crippen molar-refractivity contribution >= 4 is 27.2 Å². The van der Waals surface area contributed by atoms with Gasteiger partial charge < -0.3 is 15.1 Å². The molecule has 3 aromatic rings. The maximum Gasteiger partial charge on any atom is 0.255 e. The van der Waals surface area contributed by atoms with Crippen molar-refractivity contribution < 1.29 is 17.2 Å². The molecular formula is C24H25ClFN5O3S. The van der Waals surface area contributed by atoms with Crippen LogP contribution in [-0.4, -0.2) is 49.8 Å². The smallest absolute Gasteiger partial charge is 0.255 e. The fourth-order valence-corrected chi connectivity index (χ4v) is 6.02. The van der Waals surface area contributed by atoms with Crippen LogP contribution >= 0.6 is 11.6 Å². The van der Waals surface area contributed by atoms with Crippen LogP contribution in [0.5, 0.6) is 0 Å². The number of benzene rings is 2. The number of nitrogens with one attached hydrogen (secondary N) is 1. The molecule has 3 N–H and O–H groups in total. The minimum atomic E-state index is -3.87. The van der Waals surface area contributed by atoms with Crippen molar-refractivity contribution in [3.8, 4) is 11.5 Å². The highest BCUT2D eigenvalue weighted by Crippen LogP contribution is 2.37. The van der Waals surface area contributed by atoms with Gasteiger partial charge in [-0.05, 0) is 86.0 Å². The van der Waals surface area contributed by atoms with E-state index in [1.807, 2.05) is 24.1 Å². The van der Waals surface area contributed by atoms with Crippen molar-refractivity contribution in [1.82, 2.24) is 19.8 Å². The molecule has 2 aliphatic heterocycles. The maximum absolute atomic E-state index is 15.5. The summed E-state index contributed by atoms with van der Waals surface area (Å²) in [5.74, 6) is 0.0556. The van der Waals surface area contributed by atoms with Crippen molar-refractivity contribution in [1.29, 1.82) is 0 Å². The molecule has 2 atom stereocenters. The molecule has 184 valence electrons. The average Bonchev–Trinajstić information content (AvgIpc) is 3.27. The molecule has 11 heteroatoms. The van der Waals surface area contributed by atoms with Crippen molar-refractivity contribution in [3.05, 3.63) is 70.6 Å². The van der Waals surface area contributed by atoms with Gasteiger partial charge in [-0.1, -0.05) is 23.7 Å². The number of allylic oxidation sites excluding steroid dienone is 1. The largest absolute Gasteiger partial charge is 0.417 e. The number of hydrogen-bond donors (Lipinski definition) is 2. The topological polar surface area (TPSA) is 114 Å². The molecule has 1 aromatic heterocycles. The summed E-state index contributed by atoms with van der Waals surface area (Å²) in [4.78, 5) is 1.98. The first-order chi connectivity index (χ1) is 16.6. The van der Waals surface area contributed by atoms with Gasteiger partial charge >= 0.3 is 0 Å². The van der Waals surface area contributed by atoms with Gasteiger partial charge in [0.2, 0.25) is 21.6 Å². The lowest BCUT2D eigenvalue weighted by molar-refractivity contribution is 0.0321. The Morgan fingerprint density at radius 1 is 1.26 bits per heavy atom. The summed E-state index contributed by atoms with van der Waals surface area (Å²) in [7, 11) is -2.01. The van der Waals surface area contributed by atoms with Gasteiger partial charge in [-0.2, -0.15) is 4.72 Å². The number of hydrogen-bond acceptors (Lipinski definition) is 7. The molecule has 0 radical (unpaired) electrons. The molecule has 0 saturated carbocycles. The van der Waals surface area contributed by atoms with E-state index in [2.05, 4.69) is 14.9 Å². The molecule has 1 unspecified atom stereocenters. The molecule has 1 fully saturated rings. The molecule has 35 heavy (non-hydrogen) atoms. The lowest BCUT2D eigenvalue weighted by atomic mass is 9.95. The summed E-state index contributed by atoms with van der Waals surface area (Å²) in [5.41, 5.74) is 6.92. The maximum atomic E-state index is 15.5. The van der Waals surface area contributed by atoms with Crippen LogP contribution in [0.2, 0.25) is 5.02 Å². The average molecular weight is 518 g/mol. The number of alkyl halides is 1. The number of piperidine rings is 1. The summed E-state index contributed by atoms with van der Waals surface area (Å²) in [5, 5.41) is 8.67. The number of fused-ring (bicyclic) bond motifs is 1. The van der Waals surface area contributed by atoms with Crippen LogP contribution in [0.15, 0.2) is 57.9 Å². The Labute approximate surface area is 208 Å². The molecule has 3 heterocycles. The second-order valence-corrected chi connectivity index (χ2v) is 11.2. The Morgan fingerprint density at radius 2 is 2.03 bits per heavy atom. The number of nitrogens with two attached hydrogens (primary N) is 1. The molecule has 0 bridgehead atoms. The number of nitrogens with zero attached hydrogens (tertiary/aromatic N) is 3. The fourth-order valence-electron chi connectivity index (χ4n) is 4.62. The highest BCUT2D eigenvalue weighted by atomic mass is 35.5. The molecule has 1 saturated heterocycles. The van der Waals surface area contributed by atoms with Crippen LogP contribution in [0.1, 0.15) is 29.9 Å². The zero-order valence-electron chi connectivity index (χ0n) is 19.0. The van der Waals surface area contributed by atoms with E-state index in [-0.39, 0.29) is 23.2 Å². The van der Waals surface area contributed by atoms with E-state index < -0.39 is 21.9 Å². The zero-order chi connectivity index (χ0) is 24.8. The second kappa shape index (κ2) is 9.11. The predicted octanol–water partition coefficient (Wildman–Crippen LogP) is 3.48. The third-order valence-corrected chi connectivity index (χ3v) is 8.05. The van der Waals surface area contributed by atoms with Crippen molar-refractivity contribution in [3.63, 3.8) is 0 Å². The fraction of sp³-hybridized carbons (Fsp3) is 0.333. The van der Waals surface area contributed by atoms with E-state index in [1.54, 1.807) is 30.3 Å². The first-order valence-electron chi connectivity index (χ1n) is 11.2. The van der Waals surface area contributed by atoms with E-state index in [9.17, 15) is 8.42 Å². The molecular weight excluding hydrogens is 493 g/mol. The van der Waals surface area contributed by atoms with Gasteiger partial charge in [0.1, 0.15) is 0 Å². The number of rotatable bonds is 4. The van der Waals surface area contributed by atoms with Crippen LogP contribution in [0.3, 0.4) is 0 Å². The van der Waals surface area contributed by atoms with Gasteiger partial charge in [-0.15, -0.1) is 10.2 Å². The van der Waals surface area contributed by atoms with E-state index in [1.165, 1.54) is 6.07 Å². The van der Waals surface area contributed by atoms with Crippen molar-refractivity contribution in [2.75, 3.05) is 20.1 Å². The molecule has 8 nitrogen and oxygen atoms in total. The number of aromatic nitrogens is 2. The molecule has 0 aliphatic carbocycles. The zero-order valence-corrected chi connectivity index (χ0v) is 20.6. The SMILES string of the molecule is CN1CCCC(F)(c2nnc(-c3ccc4c(c3)C(Cc3ccc(Cl)cc3)=C[C@H](N)NS4(=O)=O)o2)C1. The Kier molecular flexibility index (Phi) is 6.27. The Morgan fingerprint density at radius 3 is 2.77 bits per heavy atom. The highest BCUT2D eigenvalue weighted by Gasteiger charge is 2.41. The van der Waals surface area contributed by atoms with Crippen LogP contribution in [0.4, 0.5) is 4.39 Å². The van der Waals surface area contributed by atoms with E-state index in [0.29, 0.717) is 41.0 Å². The van der Waals surface area contributed by atoms with Crippen LogP contribution in [0, 0.1) is 0 Å². The summed E-state index contributed by atoms with van der Waals surface area (Å²) in [6, 6.07) is 12.0. The minimum Gasteiger partial charge on any atom is -0.417 e. The Bertz CT molecular complexity index is 1390. The minimum absolute atomic E-state index is 0.0674. The molecule has 0 spiro atoms. The summed E-state index contributed by atoms with van der Waals surface area (Å²) < 4.78 is 49.6. The van der Waals surface area contributed by atoms with Crippen molar-refractivity contribution in [2.45, 2.75) is 36.0 Å². The van der Waals surface area contributed by atoms with Crippen LogP contribution in [-0.2, 0) is 22.1 Å². The number of likely N-dealkylation sites (N-methyl/N-ethyl adjacent to an activating group) is 1. The van der Waals surface area contributed by atoms with E-state index >= 15 is 4.39 Å². The second-order valence-electron chi connectivity index (χ2n) is 9.07. The molecule has 2 aliphatic rings.